The smallest absolute Gasteiger partial charge is 0.150 e. The van der Waals surface area contributed by atoms with Gasteiger partial charge in [0, 0.05) is 12.8 Å². The molecule has 2 heterocycles. The van der Waals surface area contributed by atoms with Crippen LogP contribution in [0.1, 0.15) is 12.8 Å². The Labute approximate surface area is 91.3 Å². The van der Waals surface area contributed by atoms with Crippen molar-refractivity contribution in [3.63, 3.8) is 0 Å². The van der Waals surface area contributed by atoms with E-state index in [0.29, 0.717) is 16.5 Å². The van der Waals surface area contributed by atoms with Crippen molar-refractivity contribution in [2.45, 2.75) is 24.0 Å². The first-order chi connectivity index (χ1) is 7.27. The topological polar surface area (TPSA) is 65.2 Å². The summed E-state index contributed by atoms with van der Waals surface area (Å²) in [6.07, 6.45) is 3.75. The van der Waals surface area contributed by atoms with Gasteiger partial charge < -0.3 is 10.5 Å². The molecule has 0 bridgehead atoms. The molecule has 2 rings (SSSR count). The van der Waals surface area contributed by atoms with Crippen LogP contribution in [0, 0.1) is 0 Å². The minimum Gasteiger partial charge on any atom is -0.396 e. The van der Waals surface area contributed by atoms with E-state index in [4.69, 9.17) is 10.5 Å². The Morgan fingerprint density at radius 3 is 3.20 bits per heavy atom. The molecule has 2 unspecified atom stereocenters. The monoisotopic (exact) mass is 226 g/mol. The Balaban J connectivity index is 2.04. The van der Waals surface area contributed by atoms with Crippen LogP contribution >= 0.6 is 0 Å². The fourth-order valence-electron chi connectivity index (χ4n) is 1.62. The van der Waals surface area contributed by atoms with E-state index < -0.39 is 10.8 Å². The number of pyridine rings is 1. The Hall–Kier alpha value is -0.940. The molecule has 5 heteroatoms. The van der Waals surface area contributed by atoms with Crippen molar-refractivity contribution in [1.82, 2.24) is 4.98 Å². The quantitative estimate of drug-likeness (QED) is 0.833. The summed E-state index contributed by atoms with van der Waals surface area (Å²) in [6, 6.07) is 3.46. The second-order valence-electron chi connectivity index (χ2n) is 3.54. The van der Waals surface area contributed by atoms with Crippen molar-refractivity contribution < 1.29 is 8.95 Å². The zero-order chi connectivity index (χ0) is 10.7. The molecule has 1 aliphatic rings. The maximum absolute atomic E-state index is 11.9. The second kappa shape index (κ2) is 4.72. The number of nitrogens with two attached hydrogens (primary N) is 1. The predicted molar refractivity (Wildman–Crippen MR) is 58.9 cm³/mol. The summed E-state index contributed by atoms with van der Waals surface area (Å²) in [5, 5.41) is 0.480. The number of hydrogen-bond donors (Lipinski definition) is 1. The summed E-state index contributed by atoms with van der Waals surface area (Å²) in [7, 11) is -1.15. The number of rotatable bonds is 3. The first kappa shape index (κ1) is 10.6. The van der Waals surface area contributed by atoms with Crippen LogP contribution in [0.2, 0.25) is 0 Å². The zero-order valence-electron chi connectivity index (χ0n) is 8.39. The molecule has 1 aromatic heterocycles. The number of nitrogens with zero attached hydrogens (tertiary/aromatic N) is 1. The van der Waals surface area contributed by atoms with Crippen molar-refractivity contribution >= 4 is 16.5 Å². The van der Waals surface area contributed by atoms with E-state index in [-0.39, 0.29) is 6.10 Å². The first-order valence-corrected chi connectivity index (χ1v) is 6.30. The summed E-state index contributed by atoms with van der Waals surface area (Å²) in [6.45, 7) is 0.777. The molecule has 2 N–H and O–H groups in total. The van der Waals surface area contributed by atoms with Crippen LogP contribution in [-0.2, 0) is 15.5 Å². The highest BCUT2D eigenvalue weighted by Gasteiger charge is 2.20. The molecule has 0 radical (unpaired) electrons. The van der Waals surface area contributed by atoms with Crippen molar-refractivity contribution in [2.24, 2.45) is 0 Å². The van der Waals surface area contributed by atoms with Crippen LogP contribution in [0.3, 0.4) is 0 Å². The number of anilines is 1. The van der Waals surface area contributed by atoms with E-state index in [1.807, 2.05) is 0 Å². The van der Waals surface area contributed by atoms with Gasteiger partial charge in [-0.05, 0) is 25.0 Å². The third kappa shape index (κ3) is 2.54. The summed E-state index contributed by atoms with van der Waals surface area (Å²) in [5.74, 6) is 0.501. The van der Waals surface area contributed by atoms with Gasteiger partial charge in [0.2, 0.25) is 0 Å². The number of nitrogen functional groups attached to an aromatic ring is 1. The Bertz CT molecular complexity index is 364. The molecule has 1 saturated heterocycles. The molecule has 0 amide bonds. The van der Waals surface area contributed by atoms with Crippen LogP contribution in [0.5, 0.6) is 0 Å². The minimum atomic E-state index is -1.15. The van der Waals surface area contributed by atoms with E-state index in [1.54, 1.807) is 18.3 Å². The molecule has 15 heavy (non-hydrogen) atoms. The molecule has 0 aromatic carbocycles. The van der Waals surface area contributed by atoms with Gasteiger partial charge in [-0.3, -0.25) is 4.21 Å². The van der Waals surface area contributed by atoms with Gasteiger partial charge in [0.25, 0.3) is 0 Å². The lowest BCUT2D eigenvalue weighted by molar-refractivity contribution is 0.128. The third-order valence-electron chi connectivity index (χ3n) is 2.38. The highest BCUT2D eigenvalue weighted by Crippen LogP contribution is 2.18. The molecule has 1 aliphatic heterocycles. The van der Waals surface area contributed by atoms with Gasteiger partial charge in [0.15, 0.2) is 0 Å². The van der Waals surface area contributed by atoms with Crippen LogP contribution in [0.15, 0.2) is 23.4 Å². The van der Waals surface area contributed by atoms with Gasteiger partial charge in [0.1, 0.15) is 5.03 Å². The number of ether oxygens (including phenoxy) is 1. The van der Waals surface area contributed by atoms with Crippen LogP contribution in [-0.4, -0.2) is 27.7 Å². The largest absolute Gasteiger partial charge is 0.396 e. The Morgan fingerprint density at radius 2 is 2.53 bits per heavy atom. The average Bonchev–Trinajstić information content (AvgIpc) is 2.71. The SMILES string of the molecule is Nc1cccnc1S(=O)CC1CCCO1. The van der Waals surface area contributed by atoms with Gasteiger partial charge >= 0.3 is 0 Å². The first-order valence-electron chi connectivity index (χ1n) is 4.98. The van der Waals surface area contributed by atoms with E-state index >= 15 is 0 Å². The number of aromatic nitrogens is 1. The van der Waals surface area contributed by atoms with Gasteiger partial charge in [-0.1, -0.05) is 0 Å². The lowest BCUT2D eigenvalue weighted by Crippen LogP contribution is -2.17. The summed E-state index contributed by atoms with van der Waals surface area (Å²) < 4.78 is 17.3. The van der Waals surface area contributed by atoms with Gasteiger partial charge in [-0.15, -0.1) is 0 Å². The third-order valence-corrected chi connectivity index (χ3v) is 3.82. The Morgan fingerprint density at radius 1 is 1.67 bits per heavy atom. The average molecular weight is 226 g/mol. The standard InChI is InChI=1S/C10H14N2O2S/c11-9-4-1-5-12-10(9)15(13)7-8-3-2-6-14-8/h1,4-5,8H,2-3,6-7,11H2. The highest BCUT2D eigenvalue weighted by molar-refractivity contribution is 7.85. The van der Waals surface area contributed by atoms with E-state index in [0.717, 1.165) is 19.4 Å². The van der Waals surface area contributed by atoms with Crippen molar-refractivity contribution in [3.8, 4) is 0 Å². The predicted octanol–water partition coefficient (Wildman–Crippen LogP) is 0.950. The van der Waals surface area contributed by atoms with Gasteiger partial charge in [0.05, 0.1) is 28.3 Å². The summed E-state index contributed by atoms with van der Waals surface area (Å²) in [5.41, 5.74) is 6.19. The Kier molecular flexibility index (Phi) is 3.33. The van der Waals surface area contributed by atoms with Crippen LogP contribution in [0.25, 0.3) is 0 Å². The summed E-state index contributed by atoms with van der Waals surface area (Å²) in [4.78, 5) is 4.04. The molecule has 1 aromatic rings. The number of hydrogen-bond acceptors (Lipinski definition) is 4. The molecular formula is C10H14N2O2S. The van der Waals surface area contributed by atoms with Crippen molar-refractivity contribution in [1.29, 1.82) is 0 Å². The lowest BCUT2D eigenvalue weighted by Gasteiger charge is -2.09. The van der Waals surface area contributed by atoms with Crippen molar-refractivity contribution in [2.75, 3.05) is 18.1 Å². The van der Waals surface area contributed by atoms with Crippen LogP contribution in [0.4, 0.5) is 5.69 Å². The molecule has 4 nitrogen and oxygen atoms in total. The molecule has 1 fully saturated rings. The molecule has 82 valence electrons. The molecule has 2 atom stereocenters. The molecule has 0 aliphatic carbocycles. The second-order valence-corrected chi connectivity index (χ2v) is 4.96. The maximum Gasteiger partial charge on any atom is 0.150 e. The van der Waals surface area contributed by atoms with Crippen LogP contribution < -0.4 is 5.73 Å². The highest BCUT2D eigenvalue weighted by atomic mass is 32.2. The van der Waals surface area contributed by atoms with E-state index in [2.05, 4.69) is 4.98 Å². The normalized spacial score (nSPS) is 22.8. The van der Waals surface area contributed by atoms with Gasteiger partial charge in [-0.25, -0.2) is 4.98 Å². The molecule has 0 saturated carbocycles. The summed E-state index contributed by atoms with van der Waals surface area (Å²) >= 11 is 0. The lowest BCUT2D eigenvalue weighted by atomic mass is 10.3. The minimum absolute atomic E-state index is 0.104. The van der Waals surface area contributed by atoms with E-state index in [1.165, 1.54) is 0 Å². The zero-order valence-corrected chi connectivity index (χ0v) is 9.20. The van der Waals surface area contributed by atoms with E-state index in [9.17, 15) is 4.21 Å². The van der Waals surface area contributed by atoms with Crippen molar-refractivity contribution in [3.05, 3.63) is 18.3 Å². The fraction of sp³-hybridized carbons (Fsp3) is 0.500. The van der Waals surface area contributed by atoms with Gasteiger partial charge in [-0.2, -0.15) is 0 Å². The molecule has 0 spiro atoms. The maximum atomic E-state index is 11.9. The molecular weight excluding hydrogens is 212 g/mol. The fourth-order valence-corrected chi connectivity index (χ4v) is 2.88.